The summed E-state index contributed by atoms with van der Waals surface area (Å²) in [4.78, 5) is 16.8. The van der Waals surface area contributed by atoms with Crippen LogP contribution in [-0.2, 0) is 6.54 Å². The molecular weight excluding hydrogens is 298 g/mol. The number of hydrogen-bond acceptors (Lipinski definition) is 5. The Balaban J connectivity index is 1.56. The number of rotatable bonds is 7. The molecule has 0 amide bonds. The molecule has 0 bridgehead atoms. The molecule has 5 nitrogen and oxygen atoms in total. The Morgan fingerprint density at radius 2 is 1.92 bits per heavy atom. The quantitative estimate of drug-likeness (QED) is 0.767. The van der Waals surface area contributed by atoms with E-state index in [0.717, 1.165) is 44.6 Å². The molecule has 0 saturated carbocycles. The van der Waals surface area contributed by atoms with Crippen LogP contribution in [0.25, 0.3) is 0 Å². The minimum atomic E-state index is 0.804. The van der Waals surface area contributed by atoms with Crippen molar-refractivity contribution < 1.29 is 0 Å². The first kappa shape index (κ1) is 17.6. The van der Waals surface area contributed by atoms with Crippen LogP contribution in [0, 0.1) is 5.92 Å². The van der Waals surface area contributed by atoms with E-state index in [1.165, 1.54) is 51.0 Å². The van der Waals surface area contributed by atoms with E-state index in [9.17, 15) is 0 Å². The lowest BCUT2D eigenvalue weighted by Gasteiger charge is -2.35. The standard InChI is InChI=1S/C19H33N5/c1-3-22(4-2)14-17-8-7-11-23(15-17)16-18-9-10-20-19(21-18)24-12-5-6-13-24/h9-10,17H,3-8,11-16H2,1-2H3/t17-/m1/s1. The van der Waals surface area contributed by atoms with E-state index in [0.29, 0.717) is 0 Å². The fraction of sp³-hybridized carbons (Fsp3) is 0.789. The predicted octanol–water partition coefficient (Wildman–Crippen LogP) is 2.63. The smallest absolute Gasteiger partial charge is 0.225 e. The van der Waals surface area contributed by atoms with E-state index in [1.807, 2.05) is 6.20 Å². The summed E-state index contributed by atoms with van der Waals surface area (Å²) in [7, 11) is 0. The van der Waals surface area contributed by atoms with Crippen LogP contribution in [0.4, 0.5) is 5.95 Å². The zero-order valence-electron chi connectivity index (χ0n) is 15.5. The first-order valence-corrected chi connectivity index (χ1v) is 9.80. The highest BCUT2D eigenvalue weighted by molar-refractivity contribution is 5.31. The van der Waals surface area contributed by atoms with Gasteiger partial charge in [0.05, 0.1) is 5.69 Å². The Hall–Kier alpha value is -1.20. The van der Waals surface area contributed by atoms with Crippen LogP contribution in [0.1, 0.15) is 45.2 Å². The fourth-order valence-corrected chi connectivity index (χ4v) is 4.06. The second-order valence-corrected chi connectivity index (χ2v) is 7.27. The zero-order chi connectivity index (χ0) is 16.8. The number of piperidine rings is 1. The van der Waals surface area contributed by atoms with Gasteiger partial charge in [-0.2, -0.15) is 0 Å². The Morgan fingerprint density at radius 3 is 2.67 bits per heavy atom. The number of hydrogen-bond donors (Lipinski definition) is 0. The van der Waals surface area contributed by atoms with Crippen molar-refractivity contribution in [3.05, 3.63) is 18.0 Å². The number of nitrogens with zero attached hydrogens (tertiary/aromatic N) is 5. The van der Waals surface area contributed by atoms with Crippen LogP contribution >= 0.6 is 0 Å². The molecule has 0 spiro atoms. The summed E-state index contributed by atoms with van der Waals surface area (Å²) in [5.41, 5.74) is 1.18. The molecule has 3 heterocycles. The first-order valence-electron chi connectivity index (χ1n) is 9.80. The third-order valence-corrected chi connectivity index (χ3v) is 5.49. The molecule has 2 aliphatic heterocycles. The average molecular weight is 332 g/mol. The third kappa shape index (κ3) is 4.67. The lowest BCUT2D eigenvalue weighted by Crippen LogP contribution is -2.40. The molecule has 134 valence electrons. The van der Waals surface area contributed by atoms with Crippen molar-refractivity contribution in [3.8, 4) is 0 Å². The van der Waals surface area contributed by atoms with Crippen molar-refractivity contribution >= 4 is 5.95 Å². The van der Waals surface area contributed by atoms with Gasteiger partial charge in [-0.25, -0.2) is 9.97 Å². The zero-order valence-corrected chi connectivity index (χ0v) is 15.5. The molecule has 0 aliphatic carbocycles. The van der Waals surface area contributed by atoms with E-state index in [2.05, 4.69) is 39.6 Å². The van der Waals surface area contributed by atoms with E-state index in [-0.39, 0.29) is 0 Å². The maximum absolute atomic E-state index is 4.83. The number of aromatic nitrogens is 2. The molecule has 24 heavy (non-hydrogen) atoms. The monoisotopic (exact) mass is 331 g/mol. The summed E-state index contributed by atoms with van der Waals surface area (Å²) in [6.07, 6.45) is 7.17. The van der Waals surface area contributed by atoms with Gasteiger partial charge in [0.15, 0.2) is 0 Å². The van der Waals surface area contributed by atoms with Gasteiger partial charge in [-0.1, -0.05) is 13.8 Å². The van der Waals surface area contributed by atoms with Gasteiger partial charge in [0.25, 0.3) is 0 Å². The molecule has 0 N–H and O–H groups in total. The van der Waals surface area contributed by atoms with Crippen LogP contribution < -0.4 is 4.90 Å². The molecule has 0 unspecified atom stereocenters. The molecule has 2 aliphatic rings. The SMILES string of the molecule is CCN(CC)C[C@H]1CCCN(Cc2ccnc(N3CCCC3)n2)C1. The molecule has 1 atom stereocenters. The second kappa shape index (κ2) is 8.77. The largest absolute Gasteiger partial charge is 0.341 e. The molecule has 1 aromatic heterocycles. The van der Waals surface area contributed by atoms with Gasteiger partial charge in [-0.05, 0) is 57.3 Å². The molecule has 2 saturated heterocycles. The van der Waals surface area contributed by atoms with Crippen LogP contribution in [0.15, 0.2) is 12.3 Å². The van der Waals surface area contributed by atoms with E-state index >= 15 is 0 Å². The summed E-state index contributed by atoms with van der Waals surface area (Å²) < 4.78 is 0. The Labute approximate surface area is 147 Å². The normalized spacial score (nSPS) is 22.5. The summed E-state index contributed by atoms with van der Waals surface area (Å²) in [6, 6.07) is 2.09. The average Bonchev–Trinajstić information content (AvgIpc) is 3.15. The predicted molar refractivity (Wildman–Crippen MR) is 99.3 cm³/mol. The highest BCUT2D eigenvalue weighted by Gasteiger charge is 2.22. The summed E-state index contributed by atoms with van der Waals surface area (Å²) >= 11 is 0. The van der Waals surface area contributed by atoms with Gasteiger partial charge in [0, 0.05) is 38.9 Å². The lowest BCUT2D eigenvalue weighted by molar-refractivity contribution is 0.131. The minimum Gasteiger partial charge on any atom is -0.341 e. The maximum atomic E-state index is 4.83. The van der Waals surface area contributed by atoms with Crippen LogP contribution in [0.2, 0.25) is 0 Å². The van der Waals surface area contributed by atoms with Crippen molar-refractivity contribution in [2.75, 3.05) is 50.7 Å². The maximum Gasteiger partial charge on any atom is 0.225 e. The summed E-state index contributed by atoms with van der Waals surface area (Å²) in [6.45, 7) is 13.7. The Morgan fingerprint density at radius 1 is 1.12 bits per heavy atom. The van der Waals surface area contributed by atoms with E-state index in [4.69, 9.17) is 4.98 Å². The highest BCUT2D eigenvalue weighted by atomic mass is 15.3. The molecule has 1 aromatic rings. The van der Waals surface area contributed by atoms with Gasteiger partial charge in [-0.15, -0.1) is 0 Å². The lowest BCUT2D eigenvalue weighted by atomic mass is 9.97. The molecular formula is C19H33N5. The molecule has 5 heteroatoms. The Bertz CT molecular complexity index is 496. The third-order valence-electron chi connectivity index (χ3n) is 5.49. The molecule has 0 aromatic carbocycles. The topological polar surface area (TPSA) is 35.5 Å². The first-order chi connectivity index (χ1) is 11.8. The van der Waals surface area contributed by atoms with Gasteiger partial charge in [0.2, 0.25) is 5.95 Å². The minimum absolute atomic E-state index is 0.804. The van der Waals surface area contributed by atoms with Gasteiger partial charge >= 0.3 is 0 Å². The summed E-state index contributed by atoms with van der Waals surface area (Å²) in [5, 5.41) is 0. The van der Waals surface area contributed by atoms with Crippen LogP contribution in [-0.4, -0.2) is 65.6 Å². The van der Waals surface area contributed by atoms with Gasteiger partial charge in [-0.3, -0.25) is 4.90 Å². The number of anilines is 1. The van der Waals surface area contributed by atoms with Crippen molar-refractivity contribution in [1.82, 2.24) is 19.8 Å². The fourth-order valence-electron chi connectivity index (χ4n) is 4.06. The second-order valence-electron chi connectivity index (χ2n) is 7.27. The molecule has 0 radical (unpaired) electrons. The van der Waals surface area contributed by atoms with Crippen LogP contribution in [0.5, 0.6) is 0 Å². The van der Waals surface area contributed by atoms with Gasteiger partial charge in [0.1, 0.15) is 0 Å². The van der Waals surface area contributed by atoms with Crippen molar-refractivity contribution in [3.63, 3.8) is 0 Å². The molecule has 2 fully saturated rings. The summed E-state index contributed by atoms with van der Waals surface area (Å²) in [5.74, 6) is 1.74. The van der Waals surface area contributed by atoms with Crippen molar-refractivity contribution in [1.29, 1.82) is 0 Å². The highest BCUT2D eigenvalue weighted by Crippen LogP contribution is 2.20. The number of likely N-dealkylation sites (tertiary alicyclic amines) is 1. The van der Waals surface area contributed by atoms with Crippen molar-refractivity contribution in [2.24, 2.45) is 5.92 Å². The van der Waals surface area contributed by atoms with Gasteiger partial charge < -0.3 is 9.80 Å². The van der Waals surface area contributed by atoms with E-state index in [1.54, 1.807) is 0 Å². The Kier molecular flexibility index (Phi) is 6.44. The van der Waals surface area contributed by atoms with Crippen LogP contribution in [0.3, 0.4) is 0 Å². The van der Waals surface area contributed by atoms with Crippen molar-refractivity contribution in [2.45, 2.75) is 46.1 Å². The van der Waals surface area contributed by atoms with E-state index < -0.39 is 0 Å². The molecule has 3 rings (SSSR count).